The van der Waals surface area contributed by atoms with Gasteiger partial charge in [-0.1, -0.05) is 24.3 Å². The molecule has 0 atom stereocenters. The summed E-state index contributed by atoms with van der Waals surface area (Å²) >= 11 is 0. The predicted molar refractivity (Wildman–Crippen MR) is 83.6 cm³/mol. The molecule has 0 aliphatic carbocycles. The zero-order valence-corrected chi connectivity index (χ0v) is 12.1. The second kappa shape index (κ2) is 6.04. The lowest BCUT2D eigenvalue weighted by atomic mass is 10.1. The fourth-order valence-electron chi connectivity index (χ4n) is 2.64. The van der Waals surface area contributed by atoms with E-state index >= 15 is 0 Å². The maximum Gasteiger partial charge on any atom is 0.147 e. The Morgan fingerprint density at radius 3 is 2.86 bits per heavy atom. The summed E-state index contributed by atoms with van der Waals surface area (Å²) in [5, 5.41) is 3.33. The Morgan fingerprint density at radius 1 is 1.19 bits per heavy atom. The van der Waals surface area contributed by atoms with Crippen molar-refractivity contribution in [2.45, 2.75) is 13.5 Å². The minimum Gasteiger partial charge on any atom is -0.489 e. The number of hydrogen-bond donors (Lipinski definition) is 1. The molecule has 0 bridgehead atoms. The normalized spacial score (nSPS) is 13.0. The topological polar surface area (TPSA) is 24.5 Å². The fraction of sp³-hybridized carbons (Fsp3) is 0.294. The third kappa shape index (κ3) is 2.79. The minimum atomic E-state index is -0.191. The molecule has 1 N–H and O–H groups in total. The highest BCUT2D eigenvalue weighted by atomic mass is 19.1. The van der Waals surface area contributed by atoms with Crippen LogP contribution in [0.5, 0.6) is 5.75 Å². The molecule has 0 unspecified atom stereocenters. The van der Waals surface area contributed by atoms with Crippen LogP contribution in [0.25, 0.3) is 0 Å². The standard InChI is InChI=1S/C17H19FN2O/c1-2-20(16-9-4-3-7-14(16)18)12-13-6-5-8-15-17(13)21-11-10-19-15/h3-9,19H,2,10-12H2,1H3. The van der Waals surface area contributed by atoms with Gasteiger partial charge in [-0.3, -0.25) is 0 Å². The van der Waals surface area contributed by atoms with Gasteiger partial charge in [-0.2, -0.15) is 0 Å². The summed E-state index contributed by atoms with van der Waals surface area (Å²) in [4.78, 5) is 2.02. The van der Waals surface area contributed by atoms with Crippen molar-refractivity contribution in [1.82, 2.24) is 0 Å². The van der Waals surface area contributed by atoms with Gasteiger partial charge in [0, 0.05) is 25.2 Å². The average molecular weight is 286 g/mol. The highest BCUT2D eigenvalue weighted by Crippen LogP contribution is 2.33. The largest absolute Gasteiger partial charge is 0.489 e. The average Bonchev–Trinajstić information content (AvgIpc) is 2.53. The highest BCUT2D eigenvalue weighted by Gasteiger charge is 2.17. The number of anilines is 2. The molecule has 0 spiro atoms. The number of nitrogens with one attached hydrogen (secondary N) is 1. The Labute approximate surface area is 124 Å². The third-order valence-electron chi connectivity index (χ3n) is 3.70. The van der Waals surface area contributed by atoms with Gasteiger partial charge in [0.25, 0.3) is 0 Å². The van der Waals surface area contributed by atoms with Crippen LogP contribution in [0.1, 0.15) is 12.5 Å². The minimum absolute atomic E-state index is 0.191. The Morgan fingerprint density at radius 2 is 2.05 bits per heavy atom. The molecule has 1 aliphatic heterocycles. The smallest absolute Gasteiger partial charge is 0.147 e. The summed E-state index contributed by atoms with van der Waals surface area (Å²) in [6.45, 7) is 4.87. The van der Waals surface area contributed by atoms with Crippen LogP contribution in [0.2, 0.25) is 0 Å². The zero-order chi connectivity index (χ0) is 14.7. The van der Waals surface area contributed by atoms with Crippen molar-refractivity contribution in [1.29, 1.82) is 0 Å². The van der Waals surface area contributed by atoms with Crippen molar-refractivity contribution in [3.63, 3.8) is 0 Å². The lowest BCUT2D eigenvalue weighted by Crippen LogP contribution is -2.25. The first-order chi connectivity index (χ1) is 10.3. The first kappa shape index (κ1) is 13.7. The summed E-state index contributed by atoms with van der Waals surface area (Å²) in [5.41, 5.74) is 2.72. The Kier molecular flexibility index (Phi) is 3.95. The summed E-state index contributed by atoms with van der Waals surface area (Å²) in [7, 11) is 0. The van der Waals surface area contributed by atoms with Crippen molar-refractivity contribution in [3.05, 3.63) is 53.8 Å². The van der Waals surface area contributed by atoms with Crippen LogP contribution in [-0.2, 0) is 6.54 Å². The van der Waals surface area contributed by atoms with Crippen LogP contribution in [0.3, 0.4) is 0 Å². The van der Waals surface area contributed by atoms with E-state index in [0.717, 1.165) is 30.1 Å². The van der Waals surface area contributed by atoms with Gasteiger partial charge in [0.05, 0.1) is 11.4 Å². The first-order valence-corrected chi connectivity index (χ1v) is 7.27. The van der Waals surface area contributed by atoms with Gasteiger partial charge in [-0.25, -0.2) is 4.39 Å². The second-order valence-electron chi connectivity index (χ2n) is 5.03. The van der Waals surface area contributed by atoms with Gasteiger partial charge in [0.1, 0.15) is 18.2 Å². The van der Waals surface area contributed by atoms with Crippen LogP contribution in [0, 0.1) is 5.82 Å². The lowest BCUT2D eigenvalue weighted by molar-refractivity contribution is 0.319. The summed E-state index contributed by atoms with van der Waals surface area (Å²) in [6, 6.07) is 12.9. The number of nitrogens with zero attached hydrogens (tertiary/aromatic N) is 1. The maximum atomic E-state index is 14.0. The molecule has 1 heterocycles. The SMILES string of the molecule is CCN(Cc1cccc2c1OCCN2)c1ccccc1F. The maximum absolute atomic E-state index is 14.0. The van der Waals surface area contributed by atoms with Gasteiger partial charge >= 0.3 is 0 Å². The molecular weight excluding hydrogens is 267 g/mol. The molecule has 0 saturated carbocycles. The van der Waals surface area contributed by atoms with Crippen molar-refractivity contribution < 1.29 is 9.13 Å². The Bertz CT molecular complexity index is 630. The van der Waals surface area contributed by atoms with E-state index in [-0.39, 0.29) is 5.82 Å². The number of halogens is 1. The fourth-order valence-corrected chi connectivity index (χ4v) is 2.64. The predicted octanol–water partition coefficient (Wildman–Crippen LogP) is 3.66. The molecule has 0 radical (unpaired) electrons. The summed E-state index contributed by atoms with van der Waals surface area (Å²) < 4.78 is 19.8. The Balaban J connectivity index is 1.90. The van der Waals surface area contributed by atoms with Gasteiger partial charge in [-0.15, -0.1) is 0 Å². The first-order valence-electron chi connectivity index (χ1n) is 7.27. The summed E-state index contributed by atoms with van der Waals surface area (Å²) in [5.74, 6) is 0.696. The van der Waals surface area contributed by atoms with Crippen molar-refractivity contribution >= 4 is 11.4 Å². The van der Waals surface area contributed by atoms with Gasteiger partial charge in [0.15, 0.2) is 0 Å². The van der Waals surface area contributed by atoms with Crippen molar-refractivity contribution in [2.24, 2.45) is 0 Å². The van der Waals surface area contributed by atoms with Crippen molar-refractivity contribution in [2.75, 3.05) is 29.9 Å². The molecule has 21 heavy (non-hydrogen) atoms. The number of fused-ring (bicyclic) bond motifs is 1. The molecule has 110 valence electrons. The monoisotopic (exact) mass is 286 g/mol. The van der Waals surface area contributed by atoms with E-state index in [2.05, 4.69) is 5.32 Å². The quantitative estimate of drug-likeness (QED) is 0.928. The number of ether oxygens (including phenoxy) is 1. The van der Waals surface area contributed by atoms with E-state index in [9.17, 15) is 4.39 Å². The van der Waals surface area contributed by atoms with Crippen LogP contribution in [0.4, 0.5) is 15.8 Å². The van der Waals surface area contributed by atoms with E-state index in [1.165, 1.54) is 6.07 Å². The van der Waals surface area contributed by atoms with Crippen molar-refractivity contribution in [3.8, 4) is 5.75 Å². The highest BCUT2D eigenvalue weighted by molar-refractivity contribution is 5.62. The molecule has 4 heteroatoms. The van der Waals surface area contributed by atoms with Crippen LogP contribution < -0.4 is 15.0 Å². The molecule has 3 nitrogen and oxygen atoms in total. The molecule has 0 saturated heterocycles. The number of rotatable bonds is 4. The number of para-hydroxylation sites is 2. The van der Waals surface area contributed by atoms with E-state index in [0.29, 0.717) is 18.8 Å². The lowest BCUT2D eigenvalue weighted by Gasteiger charge is -2.27. The van der Waals surface area contributed by atoms with Crippen LogP contribution in [-0.4, -0.2) is 19.7 Å². The molecule has 0 aromatic heterocycles. The molecule has 3 rings (SSSR count). The van der Waals surface area contributed by atoms with E-state index in [1.54, 1.807) is 6.07 Å². The Hall–Kier alpha value is -2.23. The van der Waals surface area contributed by atoms with E-state index < -0.39 is 0 Å². The number of benzene rings is 2. The van der Waals surface area contributed by atoms with Gasteiger partial charge in [0.2, 0.25) is 0 Å². The van der Waals surface area contributed by atoms with E-state index in [1.807, 2.05) is 42.2 Å². The number of hydrogen-bond acceptors (Lipinski definition) is 3. The molecule has 2 aromatic rings. The van der Waals surface area contributed by atoms with E-state index in [4.69, 9.17) is 4.74 Å². The summed E-state index contributed by atoms with van der Waals surface area (Å²) in [6.07, 6.45) is 0. The molecule has 0 fully saturated rings. The zero-order valence-electron chi connectivity index (χ0n) is 12.1. The second-order valence-corrected chi connectivity index (χ2v) is 5.03. The van der Waals surface area contributed by atoms with Gasteiger partial charge in [-0.05, 0) is 25.1 Å². The molecule has 1 aliphatic rings. The molecule has 0 amide bonds. The van der Waals surface area contributed by atoms with Gasteiger partial charge < -0.3 is 15.0 Å². The molecular formula is C17H19FN2O. The third-order valence-corrected chi connectivity index (χ3v) is 3.70. The van der Waals surface area contributed by atoms with Crippen LogP contribution in [0.15, 0.2) is 42.5 Å². The molecule has 2 aromatic carbocycles. The van der Waals surface area contributed by atoms with Crippen LogP contribution >= 0.6 is 0 Å².